The Morgan fingerprint density at radius 2 is 1.47 bits per heavy atom. The van der Waals surface area contributed by atoms with Crippen LogP contribution >= 0.6 is 80.1 Å². The molecule has 0 aromatic heterocycles. The van der Waals surface area contributed by atoms with Gasteiger partial charge in [-0.25, -0.2) is 0 Å². The Morgan fingerprint density at radius 3 is 2.09 bits per heavy atom. The number of nitro groups is 1. The Balaban J connectivity index is 2.85. The first kappa shape index (κ1) is 31.2. The quantitative estimate of drug-likeness (QED) is 0.116. The second-order valence-corrected chi connectivity index (χ2v) is 13.9. The molecule has 0 aliphatic carbocycles. The molecule has 0 N–H and O–H groups in total. The monoisotopic (exact) mass is 581 g/mol. The van der Waals surface area contributed by atoms with E-state index in [0.29, 0.717) is 42.2 Å². The van der Waals surface area contributed by atoms with E-state index in [0.717, 1.165) is 30.1 Å². The van der Waals surface area contributed by atoms with Crippen molar-refractivity contribution in [3.63, 3.8) is 0 Å². The van der Waals surface area contributed by atoms with Crippen molar-refractivity contribution in [1.29, 1.82) is 0 Å². The third kappa shape index (κ3) is 15.2. The van der Waals surface area contributed by atoms with Crippen molar-refractivity contribution in [3.8, 4) is 0 Å². The molecule has 0 saturated carbocycles. The number of hydrogen-bond donors (Lipinski definition) is 0. The first-order valence-corrected chi connectivity index (χ1v) is 17.0. The normalized spacial score (nSPS) is 23.5. The summed E-state index contributed by atoms with van der Waals surface area (Å²) in [7, 11) is 3.55. The highest BCUT2D eigenvalue weighted by Crippen LogP contribution is 2.40. The summed E-state index contributed by atoms with van der Waals surface area (Å²) in [5.74, 6) is 3.87. The van der Waals surface area contributed by atoms with E-state index in [-0.39, 0.29) is 15.1 Å². The van der Waals surface area contributed by atoms with Crippen LogP contribution < -0.4 is 0 Å². The lowest BCUT2D eigenvalue weighted by atomic mass is 10.1. The molecule has 5 nitrogen and oxygen atoms in total. The lowest BCUT2D eigenvalue weighted by Crippen LogP contribution is -2.06. The summed E-state index contributed by atoms with van der Waals surface area (Å²) < 4.78 is 12.1. The molecule has 0 amide bonds. The molecule has 1 heterocycles. The van der Waals surface area contributed by atoms with Gasteiger partial charge in [0, 0.05) is 23.0 Å². The van der Waals surface area contributed by atoms with Gasteiger partial charge < -0.3 is 9.47 Å². The molecular formula is C20H33Cl2NO4S5. The molecule has 0 saturated heterocycles. The number of halogens is 2. The fourth-order valence-electron chi connectivity index (χ4n) is 2.52. The number of thioether (sulfide) groups is 3. The van der Waals surface area contributed by atoms with E-state index in [4.69, 9.17) is 32.7 Å². The Hall–Kier alpha value is 1.13. The predicted octanol–water partition coefficient (Wildman–Crippen LogP) is 8.07. The maximum Gasteiger partial charge on any atom is 0.309 e. The van der Waals surface area contributed by atoms with Gasteiger partial charge in [-0.15, -0.1) is 35.3 Å². The Labute approximate surface area is 223 Å². The number of unbranched alkanes of at least 4 members (excludes halogenated alkanes) is 5. The van der Waals surface area contributed by atoms with E-state index in [1.807, 2.05) is 0 Å². The second kappa shape index (κ2) is 21.4. The molecule has 0 spiro atoms. The minimum atomic E-state index is -0.411. The van der Waals surface area contributed by atoms with Gasteiger partial charge in [-0.1, -0.05) is 83.8 Å². The van der Waals surface area contributed by atoms with Crippen molar-refractivity contribution in [3.05, 3.63) is 29.4 Å². The first-order valence-electron chi connectivity index (χ1n) is 10.8. The summed E-state index contributed by atoms with van der Waals surface area (Å²) >= 11 is 17.0. The van der Waals surface area contributed by atoms with E-state index in [1.54, 1.807) is 21.6 Å². The highest BCUT2D eigenvalue weighted by atomic mass is 35.5. The maximum absolute atomic E-state index is 11.9. The molecule has 0 fully saturated rings. The molecule has 1 aliphatic rings. The Morgan fingerprint density at radius 1 is 0.906 bits per heavy atom. The fourth-order valence-corrected chi connectivity index (χ4v) is 7.98. The van der Waals surface area contributed by atoms with E-state index < -0.39 is 4.92 Å². The van der Waals surface area contributed by atoms with Gasteiger partial charge in [0.2, 0.25) is 0 Å². The lowest BCUT2D eigenvalue weighted by Gasteiger charge is -2.11. The van der Waals surface area contributed by atoms with Crippen LogP contribution in [-0.4, -0.2) is 60.1 Å². The van der Waals surface area contributed by atoms with Crippen LogP contribution in [-0.2, 0) is 9.47 Å². The van der Waals surface area contributed by atoms with Gasteiger partial charge >= 0.3 is 5.70 Å². The minimum Gasteiger partial charge on any atom is -0.380 e. The van der Waals surface area contributed by atoms with Crippen molar-refractivity contribution in [2.75, 3.05) is 55.2 Å². The molecule has 1 aliphatic heterocycles. The highest BCUT2D eigenvalue weighted by Gasteiger charge is 2.26. The van der Waals surface area contributed by atoms with Crippen molar-refractivity contribution in [2.24, 2.45) is 0 Å². The topological polar surface area (TPSA) is 61.6 Å². The second-order valence-electron chi connectivity index (χ2n) is 6.66. The lowest BCUT2D eigenvalue weighted by molar-refractivity contribution is -0.419. The molecule has 0 bridgehead atoms. The Bertz CT molecular complexity index is 596. The van der Waals surface area contributed by atoms with Crippen LogP contribution in [0.1, 0.15) is 45.4 Å². The van der Waals surface area contributed by atoms with Crippen LogP contribution in [0.4, 0.5) is 0 Å². The first-order chi connectivity index (χ1) is 15.6. The molecular weight excluding hydrogens is 549 g/mol. The fraction of sp³-hybridized carbons (Fsp3) is 0.800. The van der Waals surface area contributed by atoms with Crippen LogP contribution in [0.25, 0.3) is 0 Å². The zero-order valence-electron chi connectivity index (χ0n) is 18.5. The number of hydrogen-bond acceptors (Lipinski definition) is 9. The molecule has 12 heteroatoms. The van der Waals surface area contributed by atoms with Crippen LogP contribution in [0.15, 0.2) is 19.3 Å². The van der Waals surface area contributed by atoms with E-state index >= 15 is 0 Å². The number of nitrogens with zero attached hydrogens (tertiary/aromatic N) is 1. The number of allylic oxidation sites excluding steroid dienone is 1. The van der Waals surface area contributed by atoms with Gasteiger partial charge in [0.25, 0.3) is 0 Å². The summed E-state index contributed by atoms with van der Waals surface area (Å²) in [5.41, 5.74) is -0.0980. The van der Waals surface area contributed by atoms with Crippen molar-refractivity contribution in [1.82, 2.24) is 0 Å². The zero-order valence-corrected chi connectivity index (χ0v) is 24.1. The van der Waals surface area contributed by atoms with Crippen molar-refractivity contribution in [2.45, 2.75) is 45.4 Å². The van der Waals surface area contributed by atoms with E-state index in [1.165, 1.54) is 61.0 Å². The SMILES string of the molecule is CCCCCCCCS/C1=C([N+](=O)[O-])/C(Cl)=C(/Cl)SCCOCCSSCCOCCS1. The number of rotatable bonds is 9. The van der Waals surface area contributed by atoms with Crippen LogP contribution in [0.2, 0.25) is 0 Å². The van der Waals surface area contributed by atoms with Crippen LogP contribution in [0, 0.1) is 10.1 Å². The van der Waals surface area contributed by atoms with Gasteiger partial charge in [-0.05, 0) is 12.2 Å². The molecule has 1 rings (SSSR count). The van der Waals surface area contributed by atoms with Gasteiger partial charge in [0.05, 0.1) is 35.7 Å². The van der Waals surface area contributed by atoms with Gasteiger partial charge in [-0.3, -0.25) is 10.1 Å². The van der Waals surface area contributed by atoms with Gasteiger partial charge in [0.1, 0.15) is 9.27 Å². The zero-order chi connectivity index (χ0) is 23.4. The molecule has 0 aromatic carbocycles. The van der Waals surface area contributed by atoms with Crippen molar-refractivity contribution < 1.29 is 14.4 Å². The molecule has 0 aromatic rings. The highest BCUT2D eigenvalue weighted by molar-refractivity contribution is 8.76. The Kier molecular flexibility index (Phi) is 20.9. The summed E-state index contributed by atoms with van der Waals surface area (Å²) in [6.45, 7) is 4.58. The third-order valence-corrected chi connectivity index (χ3v) is 10.8. The average Bonchev–Trinajstić information content (AvgIpc) is 2.77. The molecule has 0 atom stereocenters. The number of ether oxygens (including phenoxy) is 2. The van der Waals surface area contributed by atoms with Crippen molar-refractivity contribution >= 4 is 80.1 Å². The predicted molar refractivity (Wildman–Crippen MR) is 150 cm³/mol. The smallest absolute Gasteiger partial charge is 0.309 e. The van der Waals surface area contributed by atoms with E-state index in [2.05, 4.69) is 6.92 Å². The third-order valence-electron chi connectivity index (χ3n) is 4.11. The molecule has 0 unspecified atom stereocenters. The minimum absolute atomic E-state index is 0.00797. The standard InChI is InChI=1S/C20H33Cl2NO4S5/c1-2-3-4-5-6-7-12-29-20-18(23(24)25)17(21)19(22)28-13-8-26-10-15-31-32-16-11-27-9-14-30-20/h2-16H2,1H3/b19-17+,20-18+. The summed E-state index contributed by atoms with van der Waals surface area (Å²) in [6.07, 6.45) is 7.10. The molecule has 186 valence electrons. The molecule has 0 radical (unpaired) electrons. The summed E-state index contributed by atoms with van der Waals surface area (Å²) in [6, 6.07) is 0. The van der Waals surface area contributed by atoms with Gasteiger partial charge in [-0.2, -0.15) is 0 Å². The van der Waals surface area contributed by atoms with E-state index in [9.17, 15) is 10.1 Å². The largest absolute Gasteiger partial charge is 0.380 e. The molecule has 32 heavy (non-hydrogen) atoms. The average molecular weight is 583 g/mol. The van der Waals surface area contributed by atoms with Crippen LogP contribution in [0.3, 0.4) is 0 Å². The van der Waals surface area contributed by atoms with Crippen LogP contribution in [0.5, 0.6) is 0 Å². The summed E-state index contributed by atoms with van der Waals surface area (Å²) in [5, 5.41) is 11.9. The maximum atomic E-state index is 11.9. The van der Waals surface area contributed by atoms with Gasteiger partial charge in [0.15, 0.2) is 0 Å². The summed E-state index contributed by atoms with van der Waals surface area (Å²) in [4.78, 5) is 11.5.